The van der Waals surface area contributed by atoms with Crippen LogP contribution in [0.4, 0.5) is 0 Å². The van der Waals surface area contributed by atoms with Crippen molar-refractivity contribution < 1.29 is 18.1 Å². The summed E-state index contributed by atoms with van der Waals surface area (Å²) >= 11 is 0. The highest BCUT2D eigenvalue weighted by atomic mass is 31.2. The van der Waals surface area contributed by atoms with Crippen LogP contribution in [0.25, 0.3) is 0 Å². The first-order valence-electron chi connectivity index (χ1n) is 12.7. The van der Waals surface area contributed by atoms with Gasteiger partial charge in [-0.15, -0.1) is 0 Å². The summed E-state index contributed by atoms with van der Waals surface area (Å²) in [6.07, 6.45) is 21.0. The number of unbranched alkanes of at least 4 members (excludes halogenated alkanes) is 14. The summed E-state index contributed by atoms with van der Waals surface area (Å²) in [6.45, 7) is 11.4. The molecule has 0 aromatic carbocycles. The van der Waals surface area contributed by atoms with Crippen molar-refractivity contribution in [1.29, 1.82) is 0 Å². The minimum atomic E-state index is -1.23. The first kappa shape index (κ1) is 30.7. The standard InChI is InChI=1S/C24H52O4P2/c1-5-7-9-11-13-15-17-19-21-26-30(28-24-23-25-29(3)4)27-22-20-18-16-14-12-10-8-6-2/h5-24H2,1-4H3. The van der Waals surface area contributed by atoms with Crippen LogP contribution in [0.1, 0.15) is 117 Å². The van der Waals surface area contributed by atoms with Crippen molar-refractivity contribution in [3.63, 3.8) is 0 Å². The van der Waals surface area contributed by atoms with Gasteiger partial charge in [0.15, 0.2) is 0 Å². The molecule has 0 saturated heterocycles. The highest BCUT2D eigenvalue weighted by molar-refractivity contribution is 7.50. The van der Waals surface area contributed by atoms with Crippen molar-refractivity contribution in [2.24, 2.45) is 0 Å². The second-order valence-corrected chi connectivity index (χ2v) is 11.4. The molecule has 0 rings (SSSR count). The Balaban J connectivity index is 3.77. The van der Waals surface area contributed by atoms with Gasteiger partial charge in [0.25, 0.3) is 0 Å². The summed E-state index contributed by atoms with van der Waals surface area (Å²) in [5, 5.41) is 0. The van der Waals surface area contributed by atoms with Crippen LogP contribution < -0.4 is 0 Å². The van der Waals surface area contributed by atoms with E-state index in [0.29, 0.717) is 13.2 Å². The first-order chi connectivity index (χ1) is 14.7. The third-order valence-corrected chi connectivity index (χ3v) is 6.90. The first-order valence-corrected chi connectivity index (χ1v) is 15.9. The van der Waals surface area contributed by atoms with E-state index in [1.807, 2.05) is 0 Å². The molecule has 0 aliphatic rings. The van der Waals surface area contributed by atoms with Crippen molar-refractivity contribution >= 4 is 16.8 Å². The third kappa shape index (κ3) is 25.0. The molecule has 0 spiro atoms. The third-order valence-electron chi connectivity index (χ3n) is 5.02. The van der Waals surface area contributed by atoms with Gasteiger partial charge in [-0.1, -0.05) is 104 Å². The fourth-order valence-electron chi connectivity index (χ4n) is 3.19. The van der Waals surface area contributed by atoms with Gasteiger partial charge in [-0.2, -0.15) is 0 Å². The van der Waals surface area contributed by atoms with Gasteiger partial charge in [-0.25, -0.2) is 0 Å². The van der Waals surface area contributed by atoms with Crippen LogP contribution >= 0.6 is 16.8 Å². The zero-order valence-corrected chi connectivity index (χ0v) is 22.5. The van der Waals surface area contributed by atoms with Crippen molar-refractivity contribution in [3.05, 3.63) is 0 Å². The summed E-state index contributed by atoms with van der Waals surface area (Å²) in [6, 6.07) is 0. The number of rotatable bonds is 25. The van der Waals surface area contributed by atoms with Gasteiger partial charge in [0.05, 0.1) is 26.4 Å². The molecule has 0 aromatic rings. The summed E-state index contributed by atoms with van der Waals surface area (Å²) in [4.78, 5) is 0. The van der Waals surface area contributed by atoms with E-state index >= 15 is 0 Å². The highest BCUT2D eigenvalue weighted by Crippen LogP contribution is 2.40. The Hall–Kier alpha value is 0.700. The Labute approximate surface area is 191 Å². The maximum Gasteiger partial charge on any atom is 0.332 e. The molecule has 0 unspecified atom stereocenters. The Morgan fingerprint density at radius 1 is 0.400 bits per heavy atom. The maximum atomic E-state index is 5.94. The van der Waals surface area contributed by atoms with Crippen molar-refractivity contribution in [2.75, 3.05) is 39.8 Å². The fourth-order valence-corrected chi connectivity index (χ4v) is 4.64. The second kappa shape index (κ2) is 26.0. The number of hydrogen-bond donors (Lipinski definition) is 0. The maximum absolute atomic E-state index is 5.94. The Morgan fingerprint density at radius 2 is 0.733 bits per heavy atom. The van der Waals surface area contributed by atoms with Gasteiger partial charge in [0.2, 0.25) is 0 Å². The molecule has 0 aliphatic carbocycles. The SMILES string of the molecule is CCCCCCCCCCOP(OCCCCCCCCCC)OCCOP(C)C. The average Bonchev–Trinajstić information content (AvgIpc) is 2.73. The topological polar surface area (TPSA) is 36.9 Å². The molecule has 0 N–H and O–H groups in total. The van der Waals surface area contributed by atoms with Crippen LogP contribution in [0, 0.1) is 0 Å². The van der Waals surface area contributed by atoms with Crippen molar-refractivity contribution in [1.82, 2.24) is 0 Å². The summed E-state index contributed by atoms with van der Waals surface area (Å²) in [5.74, 6) is 0. The van der Waals surface area contributed by atoms with Gasteiger partial charge >= 0.3 is 8.60 Å². The Morgan fingerprint density at radius 3 is 1.13 bits per heavy atom. The molecular weight excluding hydrogens is 414 g/mol. The molecule has 0 bridgehead atoms. The predicted molar refractivity (Wildman–Crippen MR) is 135 cm³/mol. The molecule has 0 aromatic heterocycles. The molecule has 0 atom stereocenters. The quantitative estimate of drug-likeness (QED) is 0.0992. The average molecular weight is 467 g/mol. The van der Waals surface area contributed by atoms with E-state index in [-0.39, 0.29) is 8.15 Å². The summed E-state index contributed by atoms with van der Waals surface area (Å²) < 4.78 is 23.3. The van der Waals surface area contributed by atoms with Gasteiger partial charge in [-0.3, -0.25) is 0 Å². The lowest BCUT2D eigenvalue weighted by atomic mass is 10.1. The summed E-state index contributed by atoms with van der Waals surface area (Å²) in [5.41, 5.74) is 0. The molecule has 0 fully saturated rings. The van der Waals surface area contributed by atoms with Crippen molar-refractivity contribution in [2.45, 2.75) is 117 Å². The van der Waals surface area contributed by atoms with Crippen LogP contribution in [0.2, 0.25) is 0 Å². The monoisotopic (exact) mass is 466 g/mol. The van der Waals surface area contributed by atoms with E-state index < -0.39 is 8.60 Å². The summed E-state index contributed by atoms with van der Waals surface area (Å²) in [7, 11) is -1.56. The second-order valence-electron chi connectivity index (χ2n) is 8.32. The van der Waals surface area contributed by atoms with Crippen LogP contribution in [-0.2, 0) is 18.1 Å². The minimum Gasteiger partial charge on any atom is -0.357 e. The molecule has 0 saturated carbocycles. The van der Waals surface area contributed by atoms with E-state index in [1.165, 1.54) is 89.9 Å². The molecule has 6 heteroatoms. The van der Waals surface area contributed by atoms with Gasteiger partial charge in [-0.05, 0) is 26.2 Å². The minimum absolute atomic E-state index is 0.334. The van der Waals surface area contributed by atoms with Gasteiger partial charge < -0.3 is 18.1 Å². The van der Waals surface area contributed by atoms with E-state index in [4.69, 9.17) is 18.1 Å². The lowest BCUT2D eigenvalue weighted by molar-refractivity contribution is 0.140. The molecule has 0 heterocycles. The van der Waals surface area contributed by atoms with E-state index in [9.17, 15) is 0 Å². The Kier molecular flexibility index (Phi) is 26.6. The normalized spacial score (nSPS) is 11.8. The molecule has 0 amide bonds. The van der Waals surface area contributed by atoms with E-state index in [2.05, 4.69) is 27.2 Å². The molecule has 30 heavy (non-hydrogen) atoms. The molecule has 4 nitrogen and oxygen atoms in total. The fraction of sp³-hybridized carbons (Fsp3) is 1.00. The lowest BCUT2D eigenvalue weighted by Gasteiger charge is -2.17. The van der Waals surface area contributed by atoms with Crippen LogP contribution in [0.5, 0.6) is 0 Å². The zero-order chi connectivity index (χ0) is 22.1. The Bertz CT molecular complexity index is 298. The van der Waals surface area contributed by atoms with Gasteiger partial charge in [0.1, 0.15) is 0 Å². The highest BCUT2D eigenvalue weighted by Gasteiger charge is 2.12. The van der Waals surface area contributed by atoms with Crippen molar-refractivity contribution in [3.8, 4) is 0 Å². The van der Waals surface area contributed by atoms with Crippen LogP contribution in [0.3, 0.4) is 0 Å². The predicted octanol–water partition coefficient (Wildman–Crippen LogP) is 9.22. The molecular formula is C24H52O4P2. The molecule has 0 aliphatic heterocycles. The zero-order valence-electron chi connectivity index (χ0n) is 20.7. The lowest BCUT2D eigenvalue weighted by Crippen LogP contribution is -2.03. The van der Waals surface area contributed by atoms with Crippen LogP contribution in [-0.4, -0.2) is 39.8 Å². The van der Waals surface area contributed by atoms with Crippen LogP contribution in [0.15, 0.2) is 0 Å². The molecule has 0 radical (unpaired) electrons. The molecule has 182 valence electrons. The number of hydrogen-bond acceptors (Lipinski definition) is 4. The van der Waals surface area contributed by atoms with Gasteiger partial charge in [0, 0.05) is 8.15 Å². The van der Waals surface area contributed by atoms with E-state index in [0.717, 1.165) is 26.1 Å². The largest absolute Gasteiger partial charge is 0.357 e. The van der Waals surface area contributed by atoms with E-state index in [1.54, 1.807) is 0 Å². The smallest absolute Gasteiger partial charge is 0.332 e.